The number of carbonyl (C=O) groups is 2. The number of carboxylic acid groups (broad SMARTS) is 1. The monoisotopic (exact) mass is 320 g/mol. The first-order chi connectivity index (χ1) is 9.60. The maximum Gasteiger partial charge on any atom is 0.306 e. The van der Waals surface area contributed by atoms with Crippen molar-refractivity contribution in [1.82, 2.24) is 9.62 Å². The van der Waals surface area contributed by atoms with Gasteiger partial charge in [0, 0.05) is 13.1 Å². The van der Waals surface area contributed by atoms with Gasteiger partial charge in [-0.1, -0.05) is 13.8 Å². The van der Waals surface area contributed by atoms with Crippen molar-refractivity contribution in [3.8, 4) is 0 Å². The van der Waals surface area contributed by atoms with Crippen LogP contribution in [0.1, 0.15) is 33.1 Å². The topological polar surface area (TPSA) is 104 Å². The molecule has 0 bridgehead atoms. The quantitative estimate of drug-likeness (QED) is 0.731. The Morgan fingerprint density at radius 1 is 1.29 bits per heavy atom. The van der Waals surface area contributed by atoms with Gasteiger partial charge in [-0.05, 0) is 25.2 Å². The summed E-state index contributed by atoms with van der Waals surface area (Å²) in [6.07, 6.45) is 2.28. The molecule has 0 aromatic rings. The van der Waals surface area contributed by atoms with E-state index in [1.54, 1.807) is 4.90 Å². The molecule has 8 heteroatoms. The zero-order chi connectivity index (χ0) is 16.2. The number of carboxylic acids is 1. The van der Waals surface area contributed by atoms with Crippen molar-refractivity contribution in [1.29, 1.82) is 0 Å². The van der Waals surface area contributed by atoms with Crippen LogP contribution in [0.15, 0.2) is 0 Å². The number of nitrogens with one attached hydrogen (secondary N) is 1. The van der Waals surface area contributed by atoms with Gasteiger partial charge in [0.1, 0.15) is 6.04 Å². The second-order valence-corrected chi connectivity index (χ2v) is 7.79. The van der Waals surface area contributed by atoms with E-state index in [-0.39, 0.29) is 11.8 Å². The summed E-state index contributed by atoms with van der Waals surface area (Å²) in [5, 5.41) is 8.95. The molecule has 1 aliphatic heterocycles. The zero-order valence-electron chi connectivity index (χ0n) is 12.7. The van der Waals surface area contributed by atoms with E-state index < -0.39 is 28.0 Å². The van der Waals surface area contributed by atoms with Gasteiger partial charge in [0.05, 0.1) is 12.2 Å². The van der Waals surface area contributed by atoms with Crippen LogP contribution < -0.4 is 4.72 Å². The highest BCUT2D eigenvalue weighted by atomic mass is 32.2. The number of carbonyl (C=O) groups excluding carboxylic acids is 1. The molecule has 0 aliphatic carbocycles. The van der Waals surface area contributed by atoms with E-state index in [4.69, 9.17) is 5.11 Å². The molecule has 21 heavy (non-hydrogen) atoms. The maximum absolute atomic E-state index is 12.4. The normalized spacial score (nSPS) is 18.8. The number of likely N-dealkylation sites (tertiary alicyclic amines) is 1. The summed E-state index contributed by atoms with van der Waals surface area (Å²) in [4.78, 5) is 24.9. The van der Waals surface area contributed by atoms with Crippen molar-refractivity contribution in [3.63, 3.8) is 0 Å². The summed E-state index contributed by atoms with van der Waals surface area (Å²) in [5.41, 5.74) is 0. The van der Waals surface area contributed by atoms with Crippen LogP contribution in [0.25, 0.3) is 0 Å². The van der Waals surface area contributed by atoms with Crippen molar-refractivity contribution in [2.75, 3.05) is 19.3 Å². The Hall–Kier alpha value is -1.15. The number of piperidine rings is 1. The Labute approximate surface area is 125 Å². The maximum atomic E-state index is 12.4. The molecule has 0 aromatic carbocycles. The molecule has 1 atom stereocenters. The third-order valence-corrected chi connectivity index (χ3v) is 4.23. The minimum atomic E-state index is -3.47. The Balaban J connectivity index is 2.70. The van der Waals surface area contributed by atoms with Crippen LogP contribution in [-0.2, 0) is 19.6 Å². The molecule has 7 nitrogen and oxygen atoms in total. The molecule has 122 valence electrons. The number of hydrogen-bond acceptors (Lipinski definition) is 4. The number of rotatable bonds is 6. The van der Waals surface area contributed by atoms with Crippen molar-refractivity contribution in [2.24, 2.45) is 11.8 Å². The minimum Gasteiger partial charge on any atom is -0.481 e. The standard InChI is InChI=1S/C13H24N2O5S/c1-9(2)8-11(14-21(3,19)20)12(16)15-6-4-10(5-7-15)13(17)18/h9-11,14H,4-8H2,1-3H3,(H,17,18). The summed E-state index contributed by atoms with van der Waals surface area (Å²) in [6, 6.07) is -0.777. The van der Waals surface area contributed by atoms with Gasteiger partial charge in [-0.3, -0.25) is 9.59 Å². The molecule has 1 rings (SSSR count). The lowest BCUT2D eigenvalue weighted by Gasteiger charge is -2.33. The second kappa shape index (κ2) is 7.22. The van der Waals surface area contributed by atoms with Gasteiger partial charge in [0.2, 0.25) is 15.9 Å². The van der Waals surface area contributed by atoms with E-state index in [1.165, 1.54) is 0 Å². The summed E-state index contributed by atoms with van der Waals surface area (Å²) in [7, 11) is -3.47. The molecule has 2 N–H and O–H groups in total. The van der Waals surface area contributed by atoms with Crippen molar-refractivity contribution in [2.45, 2.75) is 39.2 Å². The fourth-order valence-corrected chi connectivity index (χ4v) is 3.21. The molecule has 0 radical (unpaired) electrons. The van der Waals surface area contributed by atoms with Gasteiger partial charge < -0.3 is 10.0 Å². The fourth-order valence-electron chi connectivity index (χ4n) is 2.50. The highest BCUT2D eigenvalue weighted by Crippen LogP contribution is 2.19. The highest BCUT2D eigenvalue weighted by Gasteiger charge is 2.32. The minimum absolute atomic E-state index is 0.171. The predicted molar refractivity (Wildman–Crippen MR) is 78.2 cm³/mol. The third kappa shape index (κ3) is 6.01. The Bertz CT molecular complexity index is 481. The van der Waals surface area contributed by atoms with Crippen molar-refractivity contribution in [3.05, 3.63) is 0 Å². The van der Waals surface area contributed by atoms with E-state index in [1.807, 2.05) is 13.8 Å². The second-order valence-electron chi connectivity index (χ2n) is 6.01. The lowest BCUT2D eigenvalue weighted by Crippen LogP contribution is -2.51. The molecule has 1 amide bonds. The summed E-state index contributed by atoms with van der Waals surface area (Å²) < 4.78 is 25.2. The van der Waals surface area contributed by atoms with E-state index in [0.717, 1.165) is 6.26 Å². The van der Waals surface area contributed by atoms with Crippen LogP contribution in [-0.4, -0.2) is 55.7 Å². The molecule has 1 unspecified atom stereocenters. The lowest BCUT2D eigenvalue weighted by molar-refractivity contribution is -0.146. The van der Waals surface area contributed by atoms with Crippen LogP contribution >= 0.6 is 0 Å². The van der Waals surface area contributed by atoms with Crippen LogP contribution in [0, 0.1) is 11.8 Å². The molecule has 0 spiro atoms. The molecule has 1 fully saturated rings. The first kappa shape index (κ1) is 17.9. The molecule has 0 saturated carbocycles. The van der Waals surface area contributed by atoms with E-state index in [9.17, 15) is 18.0 Å². The summed E-state index contributed by atoms with van der Waals surface area (Å²) in [6.45, 7) is 4.55. The molecule has 1 aliphatic rings. The van der Waals surface area contributed by atoms with Gasteiger partial charge in [-0.2, -0.15) is 0 Å². The Morgan fingerprint density at radius 2 is 1.81 bits per heavy atom. The molecular weight excluding hydrogens is 296 g/mol. The van der Waals surface area contributed by atoms with Gasteiger partial charge >= 0.3 is 5.97 Å². The Morgan fingerprint density at radius 3 is 2.19 bits per heavy atom. The van der Waals surface area contributed by atoms with Crippen molar-refractivity contribution < 1.29 is 23.1 Å². The smallest absolute Gasteiger partial charge is 0.306 e. The largest absolute Gasteiger partial charge is 0.481 e. The van der Waals surface area contributed by atoms with E-state index in [0.29, 0.717) is 32.4 Å². The van der Waals surface area contributed by atoms with Gasteiger partial charge in [-0.15, -0.1) is 0 Å². The van der Waals surface area contributed by atoms with Gasteiger partial charge in [0.25, 0.3) is 0 Å². The van der Waals surface area contributed by atoms with Gasteiger partial charge in [0.15, 0.2) is 0 Å². The van der Waals surface area contributed by atoms with E-state index >= 15 is 0 Å². The fraction of sp³-hybridized carbons (Fsp3) is 0.846. The first-order valence-corrected chi connectivity index (χ1v) is 8.98. The van der Waals surface area contributed by atoms with Crippen LogP contribution in [0.4, 0.5) is 0 Å². The average Bonchev–Trinajstić information content (AvgIpc) is 2.35. The molecular formula is C13H24N2O5S. The highest BCUT2D eigenvalue weighted by molar-refractivity contribution is 7.88. The summed E-state index contributed by atoms with van der Waals surface area (Å²) >= 11 is 0. The van der Waals surface area contributed by atoms with Crippen molar-refractivity contribution >= 4 is 21.9 Å². The summed E-state index contributed by atoms with van der Waals surface area (Å²) in [5.74, 6) is -1.35. The number of sulfonamides is 1. The molecule has 1 saturated heterocycles. The SMILES string of the molecule is CC(C)CC(NS(C)(=O)=O)C(=O)N1CCC(C(=O)O)CC1. The first-order valence-electron chi connectivity index (χ1n) is 7.09. The number of aliphatic carboxylic acids is 1. The zero-order valence-corrected chi connectivity index (χ0v) is 13.5. The molecule has 1 heterocycles. The number of hydrogen-bond donors (Lipinski definition) is 2. The van der Waals surface area contributed by atoms with E-state index in [2.05, 4.69) is 4.72 Å². The van der Waals surface area contributed by atoms with Gasteiger partial charge in [-0.25, -0.2) is 13.1 Å². The number of nitrogens with zero attached hydrogens (tertiary/aromatic N) is 1. The Kier molecular flexibility index (Phi) is 6.15. The molecule has 0 aromatic heterocycles. The lowest BCUT2D eigenvalue weighted by atomic mass is 9.96. The van der Waals surface area contributed by atoms with Crippen LogP contribution in [0.5, 0.6) is 0 Å². The van der Waals surface area contributed by atoms with Crippen LogP contribution in [0.3, 0.4) is 0 Å². The number of amides is 1. The predicted octanol–water partition coefficient (Wildman–Crippen LogP) is 0.274. The van der Waals surface area contributed by atoms with Crippen LogP contribution in [0.2, 0.25) is 0 Å². The average molecular weight is 320 g/mol. The third-order valence-electron chi connectivity index (χ3n) is 3.52.